The molecule has 130 valence electrons. The Morgan fingerprint density at radius 1 is 1.12 bits per heavy atom. The second-order valence-corrected chi connectivity index (χ2v) is 5.59. The number of rotatable bonds is 6. The van der Waals surface area contributed by atoms with Crippen molar-refractivity contribution in [2.24, 2.45) is 0 Å². The van der Waals surface area contributed by atoms with Gasteiger partial charge in [0.05, 0.1) is 18.4 Å². The third-order valence-corrected chi connectivity index (χ3v) is 3.79. The van der Waals surface area contributed by atoms with Crippen LogP contribution in [-0.4, -0.2) is 17.9 Å². The molecule has 2 aromatic carbocycles. The van der Waals surface area contributed by atoms with Crippen molar-refractivity contribution in [1.29, 1.82) is 0 Å². The van der Waals surface area contributed by atoms with Gasteiger partial charge in [0, 0.05) is 11.9 Å². The summed E-state index contributed by atoms with van der Waals surface area (Å²) in [7, 11) is 1.56. The summed E-state index contributed by atoms with van der Waals surface area (Å²) in [4.78, 5) is 16.9. The Labute approximate surface area is 152 Å². The molecular weight excluding hydrogens is 326 g/mol. The molecule has 5 nitrogen and oxygen atoms in total. The van der Waals surface area contributed by atoms with E-state index < -0.39 is 0 Å². The highest BCUT2D eigenvalue weighted by molar-refractivity contribution is 6.10. The van der Waals surface area contributed by atoms with Crippen LogP contribution in [0.4, 0.5) is 17.2 Å². The number of nitrogen functional groups attached to an aromatic ring is 1. The number of methoxy groups -OCH3 is 1. The van der Waals surface area contributed by atoms with Gasteiger partial charge in [-0.2, -0.15) is 0 Å². The predicted octanol–water partition coefficient (Wildman–Crippen LogP) is 4.31. The van der Waals surface area contributed by atoms with E-state index >= 15 is 0 Å². The van der Waals surface area contributed by atoms with Crippen LogP contribution in [0.3, 0.4) is 0 Å². The Kier molecular flexibility index (Phi) is 5.29. The van der Waals surface area contributed by atoms with E-state index in [4.69, 9.17) is 10.5 Å². The van der Waals surface area contributed by atoms with Crippen LogP contribution in [0.15, 0.2) is 72.9 Å². The number of ether oxygens (including phenoxy) is 1. The molecule has 5 heteroatoms. The van der Waals surface area contributed by atoms with E-state index in [-0.39, 0.29) is 5.78 Å². The maximum atomic E-state index is 12.6. The number of carbonyl (C=O) groups is 1. The monoisotopic (exact) mass is 345 g/mol. The lowest BCUT2D eigenvalue weighted by molar-refractivity contribution is 0.104. The van der Waals surface area contributed by atoms with Gasteiger partial charge in [0.25, 0.3) is 0 Å². The lowest BCUT2D eigenvalue weighted by Crippen LogP contribution is -2.03. The fraction of sp³-hybridized carbons (Fsp3) is 0.0476. The molecule has 3 aromatic rings. The fourth-order valence-corrected chi connectivity index (χ4v) is 2.48. The number of hydrogen-bond acceptors (Lipinski definition) is 5. The van der Waals surface area contributed by atoms with Crippen LogP contribution in [0.1, 0.15) is 15.9 Å². The zero-order valence-corrected chi connectivity index (χ0v) is 14.3. The maximum Gasteiger partial charge on any atom is 0.189 e. The number of benzene rings is 2. The van der Waals surface area contributed by atoms with E-state index in [1.807, 2.05) is 36.4 Å². The molecule has 0 amide bonds. The van der Waals surface area contributed by atoms with Crippen LogP contribution < -0.4 is 15.8 Å². The third kappa shape index (κ3) is 4.08. The number of ketones is 1. The van der Waals surface area contributed by atoms with Crippen LogP contribution in [0, 0.1) is 0 Å². The zero-order chi connectivity index (χ0) is 18.4. The SMILES string of the molecule is COc1ccc(/C=C/C(=O)c2cccnc2Nc2ccccc2)cc1N. The predicted molar refractivity (Wildman–Crippen MR) is 105 cm³/mol. The highest BCUT2D eigenvalue weighted by Crippen LogP contribution is 2.23. The third-order valence-electron chi connectivity index (χ3n) is 3.79. The molecular formula is C21H19N3O2. The molecule has 1 heterocycles. The molecule has 0 aliphatic heterocycles. The lowest BCUT2D eigenvalue weighted by atomic mass is 10.1. The number of nitrogens with two attached hydrogens (primary N) is 1. The number of carbonyl (C=O) groups excluding carboxylic acids is 1. The van der Waals surface area contributed by atoms with Crippen molar-refractivity contribution in [3.8, 4) is 5.75 Å². The minimum Gasteiger partial charge on any atom is -0.495 e. The van der Waals surface area contributed by atoms with Gasteiger partial charge in [-0.05, 0) is 48.0 Å². The molecule has 0 radical (unpaired) electrons. The smallest absolute Gasteiger partial charge is 0.189 e. The van der Waals surface area contributed by atoms with E-state index in [1.165, 1.54) is 6.08 Å². The second kappa shape index (κ2) is 7.98. The molecule has 0 aliphatic rings. The van der Waals surface area contributed by atoms with Crippen molar-refractivity contribution in [2.45, 2.75) is 0 Å². The summed E-state index contributed by atoms with van der Waals surface area (Å²) in [5.74, 6) is 0.976. The van der Waals surface area contributed by atoms with Crippen molar-refractivity contribution in [1.82, 2.24) is 4.98 Å². The molecule has 0 fully saturated rings. The number of para-hydroxylation sites is 1. The molecule has 0 aliphatic carbocycles. The summed E-state index contributed by atoms with van der Waals surface area (Å²) in [6.07, 6.45) is 4.88. The Hall–Kier alpha value is -3.60. The van der Waals surface area contributed by atoms with E-state index in [9.17, 15) is 4.79 Å². The largest absolute Gasteiger partial charge is 0.495 e. The molecule has 3 N–H and O–H groups in total. The molecule has 0 saturated carbocycles. The number of pyridine rings is 1. The Morgan fingerprint density at radius 3 is 2.65 bits per heavy atom. The number of hydrogen-bond donors (Lipinski definition) is 2. The first-order valence-electron chi connectivity index (χ1n) is 8.10. The molecule has 3 rings (SSSR count). The molecule has 1 aromatic heterocycles. The minimum atomic E-state index is -0.147. The van der Waals surface area contributed by atoms with Gasteiger partial charge < -0.3 is 15.8 Å². The highest BCUT2D eigenvalue weighted by atomic mass is 16.5. The van der Waals surface area contributed by atoms with Crippen molar-refractivity contribution < 1.29 is 9.53 Å². The summed E-state index contributed by atoms with van der Waals surface area (Å²) >= 11 is 0. The Morgan fingerprint density at radius 2 is 1.92 bits per heavy atom. The quantitative estimate of drug-likeness (QED) is 0.395. The second-order valence-electron chi connectivity index (χ2n) is 5.59. The average molecular weight is 345 g/mol. The van der Waals surface area contributed by atoms with Gasteiger partial charge in [-0.15, -0.1) is 0 Å². The van der Waals surface area contributed by atoms with Crippen LogP contribution >= 0.6 is 0 Å². The molecule has 0 saturated heterocycles. The van der Waals surface area contributed by atoms with Gasteiger partial charge in [0.15, 0.2) is 5.78 Å². The van der Waals surface area contributed by atoms with Crippen molar-refractivity contribution in [3.63, 3.8) is 0 Å². The lowest BCUT2D eigenvalue weighted by Gasteiger charge is -2.08. The van der Waals surface area contributed by atoms with E-state index in [2.05, 4.69) is 10.3 Å². The summed E-state index contributed by atoms with van der Waals surface area (Å²) in [6.45, 7) is 0. The molecule has 26 heavy (non-hydrogen) atoms. The summed E-state index contributed by atoms with van der Waals surface area (Å²) in [5, 5.41) is 3.17. The number of allylic oxidation sites excluding steroid dienone is 1. The van der Waals surface area contributed by atoms with E-state index in [0.717, 1.165) is 11.3 Å². The minimum absolute atomic E-state index is 0.147. The van der Waals surface area contributed by atoms with Crippen molar-refractivity contribution in [2.75, 3.05) is 18.2 Å². The van der Waals surface area contributed by atoms with Crippen LogP contribution in [-0.2, 0) is 0 Å². The molecule has 0 unspecified atom stereocenters. The summed E-state index contributed by atoms with van der Waals surface area (Å²) in [6, 6.07) is 18.4. The number of nitrogens with one attached hydrogen (secondary N) is 1. The van der Waals surface area contributed by atoms with Gasteiger partial charge in [-0.1, -0.05) is 30.3 Å². The van der Waals surface area contributed by atoms with E-state index in [0.29, 0.717) is 22.8 Å². The van der Waals surface area contributed by atoms with Gasteiger partial charge >= 0.3 is 0 Å². The molecule has 0 spiro atoms. The maximum absolute atomic E-state index is 12.6. The first kappa shape index (κ1) is 17.2. The van der Waals surface area contributed by atoms with Gasteiger partial charge in [-0.25, -0.2) is 4.98 Å². The standard InChI is InChI=1S/C21H19N3O2/c1-26-20-12-10-15(14-18(20)22)9-11-19(25)17-8-5-13-23-21(17)24-16-6-3-2-4-7-16/h2-14H,22H2,1H3,(H,23,24)/b11-9+. The first-order valence-corrected chi connectivity index (χ1v) is 8.10. The van der Waals surface area contributed by atoms with Gasteiger partial charge in [0.1, 0.15) is 11.6 Å². The van der Waals surface area contributed by atoms with Gasteiger partial charge in [-0.3, -0.25) is 4.79 Å². The topological polar surface area (TPSA) is 77.2 Å². The number of anilines is 3. The van der Waals surface area contributed by atoms with E-state index in [1.54, 1.807) is 43.6 Å². The Bertz CT molecular complexity index is 937. The number of nitrogens with zero attached hydrogens (tertiary/aromatic N) is 1. The van der Waals surface area contributed by atoms with Crippen molar-refractivity contribution in [3.05, 3.63) is 84.1 Å². The molecule has 0 bridgehead atoms. The van der Waals surface area contributed by atoms with Crippen LogP contribution in [0.25, 0.3) is 6.08 Å². The number of aromatic nitrogens is 1. The summed E-state index contributed by atoms with van der Waals surface area (Å²) < 4.78 is 5.13. The summed E-state index contributed by atoms with van der Waals surface area (Å²) in [5.41, 5.74) is 8.60. The van der Waals surface area contributed by atoms with Gasteiger partial charge in [0.2, 0.25) is 0 Å². The molecule has 0 atom stereocenters. The average Bonchev–Trinajstić information content (AvgIpc) is 2.67. The Balaban J connectivity index is 1.81. The first-order chi connectivity index (χ1) is 12.7. The zero-order valence-electron chi connectivity index (χ0n) is 14.3. The highest BCUT2D eigenvalue weighted by Gasteiger charge is 2.10. The fourth-order valence-electron chi connectivity index (χ4n) is 2.48. The van der Waals surface area contributed by atoms with Crippen LogP contribution in [0.2, 0.25) is 0 Å². The van der Waals surface area contributed by atoms with Crippen LogP contribution in [0.5, 0.6) is 5.75 Å². The van der Waals surface area contributed by atoms with Crippen molar-refractivity contribution >= 4 is 29.1 Å². The normalized spacial score (nSPS) is 10.7.